The summed E-state index contributed by atoms with van der Waals surface area (Å²) >= 11 is 0. The summed E-state index contributed by atoms with van der Waals surface area (Å²) in [7, 11) is 1.42. The Morgan fingerprint density at radius 2 is 2.44 bits per heavy atom. The van der Waals surface area contributed by atoms with Gasteiger partial charge in [0.15, 0.2) is 11.6 Å². The van der Waals surface area contributed by atoms with Crippen molar-refractivity contribution in [3.63, 3.8) is 0 Å². The maximum atomic E-state index is 12.4. The summed E-state index contributed by atoms with van der Waals surface area (Å²) in [4.78, 5) is 3.54. The number of methoxy groups -OCH3 is 1. The Morgan fingerprint density at radius 3 is 2.89 bits per heavy atom. The van der Waals surface area contributed by atoms with Crippen molar-refractivity contribution >= 4 is 0 Å². The maximum Gasteiger partial charge on any atom is 0.183 e. The number of rotatable bonds is 1. The number of hydrogen-bond acceptors (Lipinski definition) is 2. The molecule has 0 unspecified atom stereocenters. The van der Waals surface area contributed by atoms with Gasteiger partial charge < -0.3 is 4.74 Å². The standard InChI is InChI=1S/C6H6FNO/c1-9-6-2-3-8-4-5(6)7/h2-4H,1H3. The molecule has 0 fully saturated rings. The van der Waals surface area contributed by atoms with Gasteiger partial charge in [0.2, 0.25) is 0 Å². The second-order valence-electron chi connectivity index (χ2n) is 1.51. The van der Waals surface area contributed by atoms with E-state index in [0.717, 1.165) is 6.20 Å². The van der Waals surface area contributed by atoms with E-state index in [1.165, 1.54) is 19.4 Å². The number of pyridine rings is 1. The van der Waals surface area contributed by atoms with Crippen LogP contribution in [0.4, 0.5) is 4.39 Å². The summed E-state index contributed by atoms with van der Waals surface area (Å²) in [5.74, 6) is -0.204. The van der Waals surface area contributed by atoms with Gasteiger partial charge in [-0.15, -0.1) is 0 Å². The third-order valence-corrected chi connectivity index (χ3v) is 0.955. The van der Waals surface area contributed by atoms with Gasteiger partial charge in [0.05, 0.1) is 13.3 Å². The first kappa shape index (κ1) is 6.01. The first-order valence-electron chi connectivity index (χ1n) is 2.48. The lowest BCUT2D eigenvalue weighted by Gasteiger charge is -1.96. The molecule has 0 saturated carbocycles. The first-order valence-corrected chi connectivity index (χ1v) is 2.48. The third kappa shape index (κ3) is 1.16. The average molecular weight is 127 g/mol. The van der Waals surface area contributed by atoms with Crippen molar-refractivity contribution in [1.29, 1.82) is 0 Å². The van der Waals surface area contributed by atoms with Crippen LogP contribution >= 0.6 is 0 Å². The molecular weight excluding hydrogens is 121 g/mol. The molecule has 48 valence electrons. The van der Waals surface area contributed by atoms with E-state index in [2.05, 4.69) is 9.72 Å². The van der Waals surface area contributed by atoms with Gasteiger partial charge in [-0.2, -0.15) is 0 Å². The van der Waals surface area contributed by atoms with Crippen LogP contribution in [-0.4, -0.2) is 12.1 Å². The van der Waals surface area contributed by atoms with E-state index in [9.17, 15) is 4.39 Å². The van der Waals surface area contributed by atoms with Crippen LogP contribution in [0.15, 0.2) is 18.5 Å². The molecule has 9 heavy (non-hydrogen) atoms. The van der Waals surface area contributed by atoms with Crippen LogP contribution in [0.25, 0.3) is 0 Å². The van der Waals surface area contributed by atoms with E-state index in [-0.39, 0.29) is 5.75 Å². The van der Waals surface area contributed by atoms with Crippen molar-refractivity contribution in [2.24, 2.45) is 0 Å². The van der Waals surface area contributed by atoms with Crippen LogP contribution in [0.1, 0.15) is 0 Å². The lowest BCUT2D eigenvalue weighted by molar-refractivity contribution is 0.385. The molecule has 2 nitrogen and oxygen atoms in total. The van der Waals surface area contributed by atoms with Gasteiger partial charge in [-0.3, -0.25) is 4.98 Å². The van der Waals surface area contributed by atoms with E-state index in [1.807, 2.05) is 0 Å². The monoisotopic (exact) mass is 127 g/mol. The van der Waals surface area contributed by atoms with Crippen LogP contribution in [0, 0.1) is 5.82 Å². The number of ether oxygens (including phenoxy) is 1. The highest BCUT2D eigenvalue weighted by atomic mass is 19.1. The molecule has 1 heterocycles. The zero-order valence-corrected chi connectivity index (χ0v) is 4.97. The fraction of sp³-hybridized carbons (Fsp3) is 0.167. The van der Waals surface area contributed by atoms with Crippen molar-refractivity contribution in [3.05, 3.63) is 24.3 Å². The minimum atomic E-state index is -0.431. The van der Waals surface area contributed by atoms with E-state index in [0.29, 0.717) is 0 Å². The third-order valence-electron chi connectivity index (χ3n) is 0.955. The fourth-order valence-electron chi connectivity index (χ4n) is 0.528. The molecule has 0 aliphatic carbocycles. The maximum absolute atomic E-state index is 12.4. The smallest absolute Gasteiger partial charge is 0.183 e. The van der Waals surface area contributed by atoms with E-state index < -0.39 is 5.82 Å². The molecule has 0 spiro atoms. The average Bonchev–Trinajstić information content (AvgIpc) is 1.89. The predicted octanol–water partition coefficient (Wildman–Crippen LogP) is 1.23. The number of aromatic nitrogens is 1. The molecule has 0 saturated heterocycles. The Balaban J connectivity index is 3.01. The Morgan fingerprint density at radius 1 is 1.67 bits per heavy atom. The van der Waals surface area contributed by atoms with Crippen LogP contribution in [-0.2, 0) is 0 Å². The Hall–Kier alpha value is -1.12. The lowest BCUT2D eigenvalue weighted by atomic mass is 10.4. The van der Waals surface area contributed by atoms with Gasteiger partial charge in [0.1, 0.15) is 0 Å². The SMILES string of the molecule is COc1ccncc1F. The Labute approximate surface area is 52.3 Å². The second-order valence-corrected chi connectivity index (χ2v) is 1.51. The number of nitrogens with zero attached hydrogens (tertiary/aromatic N) is 1. The molecule has 0 aromatic carbocycles. The molecule has 0 bridgehead atoms. The fourth-order valence-corrected chi connectivity index (χ4v) is 0.528. The summed E-state index contributed by atoms with van der Waals surface area (Å²) in [5, 5.41) is 0. The molecular formula is C6H6FNO. The summed E-state index contributed by atoms with van der Waals surface area (Å²) in [5.41, 5.74) is 0. The molecule has 0 amide bonds. The quantitative estimate of drug-likeness (QED) is 0.566. The van der Waals surface area contributed by atoms with Crippen LogP contribution in [0.5, 0.6) is 5.75 Å². The van der Waals surface area contributed by atoms with Crippen molar-refractivity contribution < 1.29 is 9.13 Å². The summed E-state index contributed by atoms with van der Waals surface area (Å²) in [6.45, 7) is 0. The van der Waals surface area contributed by atoms with Gasteiger partial charge in [-0.05, 0) is 0 Å². The molecule has 1 aromatic rings. The van der Waals surface area contributed by atoms with Gasteiger partial charge >= 0.3 is 0 Å². The Kier molecular flexibility index (Phi) is 1.63. The highest BCUT2D eigenvalue weighted by molar-refractivity contribution is 5.19. The van der Waals surface area contributed by atoms with Crippen molar-refractivity contribution in [3.8, 4) is 5.75 Å². The Bertz CT molecular complexity index is 202. The molecule has 0 radical (unpaired) electrons. The lowest BCUT2D eigenvalue weighted by Crippen LogP contribution is -1.86. The first-order chi connectivity index (χ1) is 4.34. The molecule has 0 atom stereocenters. The van der Waals surface area contributed by atoms with Crippen LogP contribution in [0.3, 0.4) is 0 Å². The zero-order valence-electron chi connectivity index (χ0n) is 4.97. The molecule has 0 aliphatic heterocycles. The molecule has 1 aromatic heterocycles. The topological polar surface area (TPSA) is 22.1 Å². The van der Waals surface area contributed by atoms with E-state index in [4.69, 9.17) is 0 Å². The zero-order chi connectivity index (χ0) is 6.69. The summed E-state index contributed by atoms with van der Waals surface area (Å²) < 4.78 is 17.0. The van der Waals surface area contributed by atoms with Gasteiger partial charge in [0.25, 0.3) is 0 Å². The molecule has 1 rings (SSSR count). The van der Waals surface area contributed by atoms with E-state index in [1.54, 1.807) is 0 Å². The molecule has 0 N–H and O–H groups in total. The van der Waals surface area contributed by atoms with Gasteiger partial charge in [0, 0.05) is 12.3 Å². The number of halogens is 1. The largest absolute Gasteiger partial charge is 0.494 e. The van der Waals surface area contributed by atoms with Crippen LogP contribution in [0.2, 0.25) is 0 Å². The highest BCUT2D eigenvalue weighted by Crippen LogP contribution is 2.11. The van der Waals surface area contributed by atoms with Crippen LogP contribution < -0.4 is 4.74 Å². The molecule has 3 heteroatoms. The van der Waals surface area contributed by atoms with Gasteiger partial charge in [-0.1, -0.05) is 0 Å². The van der Waals surface area contributed by atoms with E-state index >= 15 is 0 Å². The van der Waals surface area contributed by atoms with Crippen molar-refractivity contribution in [2.75, 3.05) is 7.11 Å². The minimum Gasteiger partial charge on any atom is -0.494 e. The number of hydrogen-bond donors (Lipinski definition) is 0. The minimum absolute atomic E-state index is 0.227. The second kappa shape index (κ2) is 2.44. The normalized spacial score (nSPS) is 9.11. The highest BCUT2D eigenvalue weighted by Gasteiger charge is 1.96. The van der Waals surface area contributed by atoms with Crippen molar-refractivity contribution in [2.45, 2.75) is 0 Å². The summed E-state index contributed by atoms with van der Waals surface area (Å²) in [6, 6.07) is 1.47. The molecule has 0 aliphatic rings. The van der Waals surface area contributed by atoms with Gasteiger partial charge in [-0.25, -0.2) is 4.39 Å². The summed E-state index contributed by atoms with van der Waals surface area (Å²) in [6.07, 6.45) is 2.58. The predicted molar refractivity (Wildman–Crippen MR) is 30.7 cm³/mol. The van der Waals surface area contributed by atoms with Crippen molar-refractivity contribution in [1.82, 2.24) is 4.98 Å².